The molecule has 2 nitrogen and oxygen atoms in total. The Morgan fingerprint density at radius 3 is 1.21 bits per heavy atom. The molecule has 0 N–H and O–H groups in total. The van der Waals surface area contributed by atoms with E-state index in [9.17, 15) is 0 Å². The molecular formula is C48H30B2N2. The largest absolute Gasteiger partial charge is 0.376 e. The van der Waals surface area contributed by atoms with E-state index in [1.807, 2.05) is 0 Å². The molecule has 238 valence electrons. The van der Waals surface area contributed by atoms with E-state index in [2.05, 4.69) is 192 Å². The van der Waals surface area contributed by atoms with Gasteiger partial charge in [-0.05, 0) is 67.9 Å². The molecule has 4 heteroatoms. The molecule has 0 saturated carbocycles. The van der Waals surface area contributed by atoms with E-state index >= 15 is 0 Å². The molecular weight excluding hydrogens is 626 g/mol. The minimum atomic E-state index is 0.0651. The van der Waals surface area contributed by atoms with Gasteiger partial charge in [-0.1, -0.05) is 164 Å². The van der Waals surface area contributed by atoms with E-state index in [0.29, 0.717) is 0 Å². The lowest BCUT2D eigenvalue weighted by molar-refractivity contribution is 1.33. The number of hydrogen-bond donors (Lipinski definition) is 0. The van der Waals surface area contributed by atoms with Crippen LogP contribution in [0, 0.1) is 0 Å². The van der Waals surface area contributed by atoms with Crippen LogP contribution in [0.3, 0.4) is 0 Å². The number of para-hydroxylation sites is 3. The summed E-state index contributed by atoms with van der Waals surface area (Å²) < 4.78 is 0. The van der Waals surface area contributed by atoms with E-state index in [1.54, 1.807) is 0 Å². The highest BCUT2D eigenvalue weighted by molar-refractivity contribution is 6.93. The zero-order chi connectivity index (χ0) is 33.9. The second-order valence-electron chi connectivity index (χ2n) is 14.4. The van der Waals surface area contributed by atoms with E-state index < -0.39 is 0 Å². The van der Waals surface area contributed by atoms with Gasteiger partial charge < -0.3 is 9.62 Å². The summed E-state index contributed by atoms with van der Waals surface area (Å²) in [5, 5.41) is 0. The van der Waals surface area contributed by atoms with Crippen LogP contribution in [0.4, 0.5) is 22.7 Å². The van der Waals surface area contributed by atoms with Gasteiger partial charge in [0.2, 0.25) is 0 Å². The third-order valence-electron chi connectivity index (χ3n) is 11.9. The molecule has 4 aliphatic heterocycles. The standard InChI is InChI=1S/C48H30B2N2/c1-7-22-41-33(14-1)37-18-5-11-26-45(37)51-47-30-31(28-29-39(47)35-16-3-8-23-42(35)49(41)51)32-20-13-21-40-36-17-4-10-25-44(36)50-43-24-9-2-15-34(43)38-19-6-12-27-46(38)52(50)48(32)40/h1-30H. The molecule has 0 atom stereocenters. The van der Waals surface area contributed by atoms with E-state index in [4.69, 9.17) is 0 Å². The fourth-order valence-corrected chi connectivity index (χ4v) is 9.81. The van der Waals surface area contributed by atoms with Crippen molar-refractivity contribution in [1.29, 1.82) is 0 Å². The molecule has 4 heterocycles. The summed E-state index contributed by atoms with van der Waals surface area (Å²) in [6, 6.07) is 68.0. The third-order valence-corrected chi connectivity index (χ3v) is 11.9. The molecule has 0 aromatic heterocycles. The van der Waals surface area contributed by atoms with Crippen LogP contribution in [0.2, 0.25) is 0 Å². The predicted molar refractivity (Wildman–Crippen MR) is 221 cm³/mol. The van der Waals surface area contributed by atoms with Gasteiger partial charge in [-0.2, -0.15) is 0 Å². The van der Waals surface area contributed by atoms with Crippen LogP contribution < -0.4 is 31.5 Å². The van der Waals surface area contributed by atoms with E-state index in [-0.39, 0.29) is 13.7 Å². The fraction of sp³-hybridized carbons (Fsp3) is 0. The first kappa shape index (κ1) is 28.2. The fourth-order valence-electron chi connectivity index (χ4n) is 9.81. The van der Waals surface area contributed by atoms with Gasteiger partial charge in [-0.15, -0.1) is 0 Å². The first-order valence-electron chi connectivity index (χ1n) is 18.3. The number of anilines is 4. The van der Waals surface area contributed by atoms with E-state index in [0.717, 1.165) is 0 Å². The van der Waals surface area contributed by atoms with Crippen molar-refractivity contribution in [3.05, 3.63) is 182 Å². The van der Waals surface area contributed by atoms with Gasteiger partial charge in [0, 0.05) is 50.6 Å². The highest BCUT2D eigenvalue weighted by Crippen LogP contribution is 2.52. The van der Waals surface area contributed by atoms with Crippen molar-refractivity contribution in [2.75, 3.05) is 9.62 Å². The first-order chi connectivity index (χ1) is 25.8. The number of benzene rings is 8. The summed E-state index contributed by atoms with van der Waals surface area (Å²) in [4.78, 5) is 5.24. The minimum Gasteiger partial charge on any atom is -0.376 e. The Balaban J connectivity index is 1.14. The lowest BCUT2D eigenvalue weighted by Gasteiger charge is -2.45. The monoisotopic (exact) mass is 656 g/mol. The number of rotatable bonds is 1. The Labute approximate surface area is 304 Å². The minimum absolute atomic E-state index is 0.0651. The van der Waals surface area contributed by atoms with Crippen LogP contribution in [-0.2, 0) is 0 Å². The summed E-state index contributed by atoms with van der Waals surface area (Å²) in [5.74, 6) is 0. The van der Waals surface area contributed by atoms with E-state index in [1.165, 1.54) is 100 Å². The molecule has 12 rings (SSSR count). The Morgan fingerprint density at radius 2 is 0.654 bits per heavy atom. The maximum absolute atomic E-state index is 2.63. The normalized spacial score (nSPS) is 13.6. The third kappa shape index (κ3) is 3.66. The van der Waals surface area contributed by atoms with Crippen LogP contribution >= 0.6 is 0 Å². The van der Waals surface area contributed by atoms with Crippen LogP contribution in [0.25, 0.3) is 55.6 Å². The maximum atomic E-state index is 2.63. The molecule has 0 amide bonds. The number of fused-ring (bicyclic) bond motifs is 22. The second-order valence-corrected chi connectivity index (χ2v) is 14.4. The van der Waals surface area contributed by atoms with Crippen LogP contribution in [0.1, 0.15) is 0 Å². The Kier molecular flexibility index (Phi) is 5.70. The number of nitrogens with zero attached hydrogens (tertiary/aromatic N) is 2. The van der Waals surface area contributed by atoms with Crippen molar-refractivity contribution in [2.24, 2.45) is 0 Å². The average Bonchev–Trinajstić information content (AvgIpc) is 3.23. The molecule has 0 saturated heterocycles. The van der Waals surface area contributed by atoms with Crippen molar-refractivity contribution in [3.63, 3.8) is 0 Å². The molecule has 0 spiro atoms. The lowest BCUT2D eigenvalue weighted by atomic mass is 9.43. The summed E-state index contributed by atoms with van der Waals surface area (Å²) in [6.07, 6.45) is 0. The lowest BCUT2D eigenvalue weighted by Crippen LogP contribution is -2.59. The van der Waals surface area contributed by atoms with Crippen molar-refractivity contribution in [3.8, 4) is 55.6 Å². The summed E-state index contributed by atoms with van der Waals surface area (Å²) >= 11 is 0. The van der Waals surface area contributed by atoms with Crippen molar-refractivity contribution in [2.45, 2.75) is 0 Å². The Bertz CT molecular complexity index is 2800. The van der Waals surface area contributed by atoms with Crippen molar-refractivity contribution < 1.29 is 0 Å². The summed E-state index contributed by atoms with van der Waals surface area (Å²) in [5.41, 5.74) is 23.3. The topological polar surface area (TPSA) is 6.48 Å². The molecule has 0 fully saturated rings. The highest BCUT2D eigenvalue weighted by atomic mass is 15.1. The Morgan fingerprint density at radius 1 is 0.269 bits per heavy atom. The summed E-state index contributed by atoms with van der Waals surface area (Å²) in [6.45, 7) is 0.145. The van der Waals surface area contributed by atoms with Crippen LogP contribution in [0.5, 0.6) is 0 Å². The average molecular weight is 656 g/mol. The first-order valence-corrected chi connectivity index (χ1v) is 18.3. The highest BCUT2D eigenvalue weighted by Gasteiger charge is 2.44. The SMILES string of the molecule is c1ccc2c(c1)B1c3ccccc3-c3ccc(-c4cccc5c4N4B(c6ccccc6-c6ccccc64)c4ccccc4-5)cc3N1c1ccccc1-2. The maximum Gasteiger partial charge on any atom is 0.329 e. The molecule has 8 aromatic carbocycles. The molecule has 52 heavy (non-hydrogen) atoms. The van der Waals surface area contributed by atoms with Gasteiger partial charge in [0.05, 0.1) is 0 Å². The zero-order valence-electron chi connectivity index (χ0n) is 28.4. The predicted octanol–water partition coefficient (Wildman–Crippen LogP) is 9.16. The zero-order valence-corrected chi connectivity index (χ0v) is 28.4. The quantitative estimate of drug-likeness (QED) is 0.163. The van der Waals surface area contributed by atoms with Crippen molar-refractivity contribution >= 4 is 58.3 Å². The molecule has 0 bridgehead atoms. The molecule has 0 unspecified atom stereocenters. The van der Waals surface area contributed by atoms with Gasteiger partial charge in [0.1, 0.15) is 0 Å². The molecule has 0 aliphatic carbocycles. The summed E-state index contributed by atoms with van der Waals surface area (Å²) in [7, 11) is 0. The van der Waals surface area contributed by atoms with Crippen LogP contribution in [-0.4, -0.2) is 13.7 Å². The van der Waals surface area contributed by atoms with Gasteiger partial charge in [0.15, 0.2) is 0 Å². The molecule has 4 aliphatic rings. The number of hydrogen-bond acceptors (Lipinski definition) is 2. The Hall–Kier alpha value is -6.51. The molecule has 0 radical (unpaired) electrons. The van der Waals surface area contributed by atoms with Gasteiger partial charge >= 0.3 is 13.7 Å². The van der Waals surface area contributed by atoms with Gasteiger partial charge in [-0.3, -0.25) is 0 Å². The van der Waals surface area contributed by atoms with Gasteiger partial charge in [0.25, 0.3) is 0 Å². The smallest absolute Gasteiger partial charge is 0.329 e. The molecule has 8 aromatic rings. The van der Waals surface area contributed by atoms with Gasteiger partial charge in [-0.25, -0.2) is 0 Å². The second kappa shape index (κ2) is 10.5. The van der Waals surface area contributed by atoms with Crippen LogP contribution in [0.15, 0.2) is 182 Å². The van der Waals surface area contributed by atoms with Crippen molar-refractivity contribution in [1.82, 2.24) is 0 Å².